The number of hydrogen-bond donors (Lipinski definition) is 1. The van der Waals surface area contributed by atoms with Crippen LogP contribution in [0.5, 0.6) is 11.5 Å². The Morgan fingerprint density at radius 2 is 1.88 bits per heavy atom. The molecular weight excluding hydrogens is 304 g/mol. The monoisotopic (exact) mass is 322 g/mol. The molecule has 1 amide bonds. The van der Waals surface area contributed by atoms with E-state index in [9.17, 15) is 4.79 Å². The lowest BCUT2D eigenvalue weighted by Gasteiger charge is -2.11. The lowest BCUT2D eigenvalue weighted by atomic mass is 10.1. The van der Waals surface area contributed by atoms with E-state index in [-0.39, 0.29) is 5.91 Å². The van der Waals surface area contributed by atoms with E-state index in [0.29, 0.717) is 23.7 Å². The number of nitrogens with one attached hydrogen (secondary N) is 1. The van der Waals surface area contributed by atoms with Gasteiger partial charge in [0.1, 0.15) is 17.2 Å². The second-order valence-electron chi connectivity index (χ2n) is 5.25. The molecule has 0 bridgehead atoms. The first-order chi connectivity index (χ1) is 11.7. The first-order valence-corrected chi connectivity index (χ1v) is 7.56. The van der Waals surface area contributed by atoms with Gasteiger partial charge in [0, 0.05) is 23.6 Å². The number of pyridine rings is 1. The highest BCUT2D eigenvalue weighted by Gasteiger charge is 2.10. The minimum Gasteiger partial charge on any atom is -0.497 e. The highest BCUT2D eigenvalue weighted by molar-refractivity contribution is 5.94. The van der Waals surface area contributed by atoms with E-state index in [1.54, 1.807) is 26.4 Å². The highest BCUT2D eigenvalue weighted by atomic mass is 16.5. The van der Waals surface area contributed by atoms with Crippen molar-refractivity contribution in [1.29, 1.82) is 0 Å². The molecule has 3 rings (SSSR count). The number of carbonyl (C=O) groups is 1. The average molecular weight is 322 g/mol. The van der Waals surface area contributed by atoms with Gasteiger partial charge in [0.25, 0.3) is 5.91 Å². The van der Waals surface area contributed by atoms with Crippen molar-refractivity contribution in [2.24, 2.45) is 0 Å². The quantitative estimate of drug-likeness (QED) is 0.784. The number of methoxy groups -OCH3 is 2. The van der Waals surface area contributed by atoms with Crippen LogP contribution in [0.15, 0.2) is 54.6 Å². The number of hydrogen-bond acceptors (Lipinski definition) is 4. The summed E-state index contributed by atoms with van der Waals surface area (Å²) in [6.07, 6.45) is 0. The zero-order valence-electron chi connectivity index (χ0n) is 13.6. The summed E-state index contributed by atoms with van der Waals surface area (Å²) in [5.41, 5.74) is 2.06. The highest BCUT2D eigenvalue weighted by Crippen LogP contribution is 2.24. The Labute approximate surface area is 140 Å². The number of ether oxygens (including phenoxy) is 2. The Bertz CT molecular complexity index is 877. The maximum atomic E-state index is 12.3. The zero-order valence-corrected chi connectivity index (χ0v) is 13.6. The molecule has 5 heteroatoms. The molecule has 2 aromatic carbocycles. The second-order valence-corrected chi connectivity index (χ2v) is 5.25. The lowest BCUT2D eigenvalue weighted by molar-refractivity contribution is 0.0946. The number of aromatic nitrogens is 1. The maximum Gasteiger partial charge on any atom is 0.270 e. The second kappa shape index (κ2) is 7.00. The molecular formula is C19H18N2O3. The predicted molar refractivity (Wildman–Crippen MR) is 92.5 cm³/mol. The average Bonchev–Trinajstić information content (AvgIpc) is 2.65. The molecule has 0 unspecified atom stereocenters. The van der Waals surface area contributed by atoms with Crippen LogP contribution in [-0.2, 0) is 6.54 Å². The van der Waals surface area contributed by atoms with Crippen LogP contribution in [0.1, 0.15) is 16.1 Å². The van der Waals surface area contributed by atoms with Crippen molar-refractivity contribution in [2.75, 3.05) is 14.2 Å². The van der Waals surface area contributed by atoms with E-state index in [4.69, 9.17) is 9.47 Å². The topological polar surface area (TPSA) is 60.5 Å². The molecule has 0 spiro atoms. The normalized spacial score (nSPS) is 10.4. The molecule has 0 radical (unpaired) electrons. The molecule has 5 nitrogen and oxygen atoms in total. The molecule has 0 fully saturated rings. The Morgan fingerprint density at radius 1 is 1.04 bits per heavy atom. The third-order valence-corrected chi connectivity index (χ3v) is 3.76. The summed E-state index contributed by atoms with van der Waals surface area (Å²) in [6.45, 7) is 0.348. The summed E-state index contributed by atoms with van der Waals surface area (Å²) in [5.74, 6) is 1.15. The van der Waals surface area contributed by atoms with Crippen LogP contribution in [-0.4, -0.2) is 25.1 Å². The molecule has 1 heterocycles. The molecule has 0 saturated carbocycles. The standard InChI is InChI=1S/C19H18N2O3/c1-23-15-9-7-14(18(11-15)24-2)12-20-19(22)17-10-8-13-5-3-4-6-16(13)21-17/h3-11H,12H2,1-2H3,(H,20,22). The van der Waals surface area contributed by atoms with Crippen molar-refractivity contribution in [3.63, 3.8) is 0 Å². The molecule has 0 aliphatic heterocycles. The summed E-state index contributed by atoms with van der Waals surface area (Å²) >= 11 is 0. The van der Waals surface area contributed by atoms with Crippen LogP contribution in [0.25, 0.3) is 10.9 Å². The summed E-state index contributed by atoms with van der Waals surface area (Å²) in [4.78, 5) is 16.7. The van der Waals surface area contributed by atoms with Gasteiger partial charge < -0.3 is 14.8 Å². The maximum absolute atomic E-state index is 12.3. The van der Waals surface area contributed by atoms with Crippen LogP contribution in [0, 0.1) is 0 Å². The smallest absolute Gasteiger partial charge is 0.270 e. The van der Waals surface area contributed by atoms with Gasteiger partial charge in [-0.25, -0.2) is 4.98 Å². The zero-order chi connectivity index (χ0) is 16.9. The van der Waals surface area contributed by atoms with Gasteiger partial charge in [0.15, 0.2) is 0 Å². The van der Waals surface area contributed by atoms with E-state index in [2.05, 4.69) is 10.3 Å². The first kappa shape index (κ1) is 15.8. The van der Waals surface area contributed by atoms with Gasteiger partial charge in [-0.15, -0.1) is 0 Å². The molecule has 0 atom stereocenters. The number of amides is 1. The van der Waals surface area contributed by atoms with Crippen LogP contribution in [0.3, 0.4) is 0 Å². The van der Waals surface area contributed by atoms with Crippen molar-refractivity contribution in [3.05, 3.63) is 65.9 Å². The predicted octanol–water partition coefficient (Wildman–Crippen LogP) is 3.18. The number of para-hydroxylation sites is 1. The molecule has 0 saturated heterocycles. The van der Waals surface area contributed by atoms with E-state index in [1.165, 1.54) is 0 Å². The van der Waals surface area contributed by atoms with Gasteiger partial charge in [-0.1, -0.05) is 24.3 Å². The van der Waals surface area contributed by atoms with Gasteiger partial charge in [-0.2, -0.15) is 0 Å². The third kappa shape index (κ3) is 3.30. The number of rotatable bonds is 5. The number of nitrogens with zero attached hydrogens (tertiary/aromatic N) is 1. The van der Waals surface area contributed by atoms with Gasteiger partial charge >= 0.3 is 0 Å². The Morgan fingerprint density at radius 3 is 2.67 bits per heavy atom. The molecule has 0 aliphatic carbocycles. The van der Waals surface area contributed by atoms with Gasteiger partial charge in [-0.3, -0.25) is 4.79 Å². The van der Waals surface area contributed by atoms with Crippen molar-refractivity contribution < 1.29 is 14.3 Å². The van der Waals surface area contributed by atoms with Gasteiger partial charge in [0.2, 0.25) is 0 Å². The SMILES string of the molecule is COc1ccc(CNC(=O)c2ccc3ccccc3n2)c(OC)c1. The summed E-state index contributed by atoms with van der Waals surface area (Å²) in [5, 5.41) is 3.88. The van der Waals surface area contributed by atoms with Crippen molar-refractivity contribution in [2.45, 2.75) is 6.54 Å². The number of fused-ring (bicyclic) bond motifs is 1. The molecule has 0 aliphatic rings. The van der Waals surface area contributed by atoms with Gasteiger partial charge in [0.05, 0.1) is 19.7 Å². The fourth-order valence-electron chi connectivity index (χ4n) is 2.46. The van der Waals surface area contributed by atoms with Crippen LogP contribution < -0.4 is 14.8 Å². The van der Waals surface area contributed by atoms with Crippen LogP contribution >= 0.6 is 0 Å². The van der Waals surface area contributed by atoms with E-state index in [0.717, 1.165) is 16.5 Å². The largest absolute Gasteiger partial charge is 0.497 e. The fraction of sp³-hybridized carbons (Fsp3) is 0.158. The summed E-state index contributed by atoms with van der Waals surface area (Å²) < 4.78 is 10.5. The van der Waals surface area contributed by atoms with Crippen molar-refractivity contribution in [1.82, 2.24) is 10.3 Å². The first-order valence-electron chi connectivity index (χ1n) is 7.56. The lowest BCUT2D eigenvalue weighted by Crippen LogP contribution is -2.24. The van der Waals surface area contributed by atoms with E-state index in [1.807, 2.05) is 42.5 Å². The summed E-state index contributed by atoms with van der Waals surface area (Å²) in [7, 11) is 3.19. The Balaban J connectivity index is 1.75. The van der Waals surface area contributed by atoms with Gasteiger partial charge in [-0.05, 0) is 24.3 Å². The van der Waals surface area contributed by atoms with E-state index < -0.39 is 0 Å². The number of benzene rings is 2. The minimum atomic E-state index is -0.223. The third-order valence-electron chi connectivity index (χ3n) is 3.76. The molecule has 3 aromatic rings. The fourth-order valence-corrected chi connectivity index (χ4v) is 2.46. The summed E-state index contributed by atoms with van der Waals surface area (Å²) in [6, 6.07) is 16.8. The van der Waals surface area contributed by atoms with E-state index >= 15 is 0 Å². The Kier molecular flexibility index (Phi) is 4.61. The molecule has 24 heavy (non-hydrogen) atoms. The van der Waals surface area contributed by atoms with Crippen LogP contribution in [0.4, 0.5) is 0 Å². The molecule has 1 aromatic heterocycles. The van der Waals surface area contributed by atoms with Crippen LogP contribution in [0.2, 0.25) is 0 Å². The number of carbonyl (C=O) groups excluding carboxylic acids is 1. The van der Waals surface area contributed by atoms with Crippen molar-refractivity contribution >= 4 is 16.8 Å². The Hall–Kier alpha value is -3.08. The molecule has 122 valence electrons. The van der Waals surface area contributed by atoms with Crippen molar-refractivity contribution in [3.8, 4) is 11.5 Å². The minimum absolute atomic E-state index is 0.223. The molecule has 1 N–H and O–H groups in total.